The van der Waals surface area contributed by atoms with Gasteiger partial charge in [-0.3, -0.25) is 9.59 Å². The van der Waals surface area contributed by atoms with Gasteiger partial charge in [0, 0.05) is 23.7 Å². The van der Waals surface area contributed by atoms with Crippen molar-refractivity contribution >= 4 is 45.6 Å². The van der Waals surface area contributed by atoms with Crippen LogP contribution in [0.4, 0.5) is 10.8 Å². The molecule has 0 atom stereocenters. The van der Waals surface area contributed by atoms with Crippen LogP contribution in [-0.2, 0) is 4.79 Å². The largest absolute Gasteiger partial charge is 0.357 e. The van der Waals surface area contributed by atoms with Gasteiger partial charge in [-0.1, -0.05) is 49.3 Å². The minimum Gasteiger partial charge on any atom is -0.357 e. The van der Waals surface area contributed by atoms with E-state index in [-0.39, 0.29) is 11.7 Å². The van der Waals surface area contributed by atoms with Crippen molar-refractivity contribution in [2.75, 3.05) is 16.4 Å². The summed E-state index contributed by atoms with van der Waals surface area (Å²) in [6, 6.07) is 7.48. The topological polar surface area (TPSA) is 84.0 Å². The van der Waals surface area contributed by atoms with Crippen molar-refractivity contribution in [2.45, 2.75) is 55.8 Å². The van der Waals surface area contributed by atoms with Crippen LogP contribution in [0.25, 0.3) is 0 Å². The van der Waals surface area contributed by atoms with Crippen LogP contribution >= 0.6 is 23.1 Å². The van der Waals surface area contributed by atoms with Gasteiger partial charge in [0.05, 0.1) is 5.75 Å². The number of hydrogen-bond acceptors (Lipinski definition) is 7. The third-order valence-corrected chi connectivity index (χ3v) is 6.47. The maximum atomic E-state index is 12.4. The van der Waals surface area contributed by atoms with Gasteiger partial charge >= 0.3 is 0 Å². The molecular formula is C19H24N4O2S2. The standard InChI is InChI=1S/C19H24N4O2S2/c1-2-17(25)20-15-10-8-13(9-11-15)16(24)12-26-19-23-22-18(27-19)21-14-6-4-3-5-7-14/h8-11,14H,2-7,12H2,1H3,(H,20,25)(H,21,22). The number of carbonyl (C=O) groups excluding carboxylic acids is 2. The van der Waals surface area contributed by atoms with E-state index in [9.17, 15) is 9.59 Å². The molecule has 1 aliphatic carbocycles. The Morgan fingerprint density at radius 3 is 2.59 bits per heavy atom. The summed E-state index contributed by atoms with van der Waals surface area (Å²) in [6.07, 6.45) is 6.67. The molecule has 0 radical (unpaired) electrons. The zero-order valence-electron chi connectivity index (χ0n) is 15.4. The number of rotatable bonds is 8. The third-order valence-electron chi connectivity index (χ3n) is 4.48. The van der Waals surface area contributed by atoms with Gasteiger partial charge in [0.15, 0.2) is 10.1 Å². The minimum atomic E-state index is -0.0430. The summed E-state index contributed by atoms with van der Waals surface area (Å²) >= 11 is 2.92. The number of Topliss-reactive ketones (excluding diaryl/α,β-unsaturated/α-hetero) is 1. The van der Waals surface area contributed by atoms with Gasteiger partial charge in [-0.15, -0.1) is 10.2 Å². The molecule has 1 fully saturated rings. The van der Waals surface area contributed by atoms with Gasteiger partial charge in [-0.05, 0) is 37.1 Å². The number of nitrogens with zero attached hydrogens (tertiary/aromatic N) is 2. The van der Waals surface area contributed by atoms with Gasteiger partial charge in [-0.25, -0.2) is 0 Å². The Morgan fingerprint density at radius 1 is 1.15 bits per heavy atom. The van der Waals surface area contributed by atoms with E-state index in [2.05, 4.69) is 20.8 Å². The van der Waals surface area contributed by atoms with Crippen molar-refractivity contribution < 1.29 is 9.59 Å². The first-order valence-electron chi connectivity index (χ1n) is 9.30. The lowest BCUT2D eigenvalue weighted by molar-refractivity contribution is -0.115. The second kappa shape index (κ2) is 9.85. The molecule has 1 amide bonds. The van der Waals surface area contributed by atoms with Crippen molar-refractivity contribution in [3.8, 4) is 0 Å². The van der Waals surface area contributed by atoms with E-state index in [1.165, 1.54) is 55.2 Å². The summed E-state index contributed by atoms with van der Waals surface area (Å²) in [7, 11) is 0. The van der Waals surface area contributed by atoms with Crippen molar-refractivity contribution in [3.63, 3.8) is 0 Å². The average molecular weight is 405 g/mol. The normalized spacial score (nSPS) is 14.7. The maximum Gasteiger partial charge on any atom is 0.224 e. The van der Waals surface area contributed by atoms with Crippen molar-refractivity contribution in [2.24, 2.45) is 0 Å². The second-order valence-corrected chi connectivity index (χ2v) is 8.74. The number of carbonyl (C=O) groups is 2. The summed E-state index contributed by atoms with van der Waals surface area (Å²) < 4.78 is 0.800. The predicted octanol–water partition coefficient (Wildman–Crippen LogP) is 4.61. The second-order valence-electron chi connectivity index (χ2n) is 6.54. The van der Waals surface area contributed by atoms with E-state index in [1.807, 2.05) is 0 Å². The Labute approximate surface area is 167 Å². The molecule has 0 saturated heterocycles. The summed E-state index contributed by atoms with van der Waals surface area (Å²) in [6.45, 7) is 1.80. The molecule has 0 bridgehead atoms. The number of anilines is 2. The highest BCUT2D eigenvalue weighted by molar-refractivity contribution is 8.01. The number of aromatic nitrogens is 2. The molecular weight excluding hydrogens is 380 g/mol. The Morgan fingerprint density at radius 2 is 1.89 bits per heavy atom. The van der Waals surface area contributed by atoms with E-state index >= 15 is 0 Å². The van der Waals surface area contributed by atoms with E-state index in [0.717, 1.165) is 9.47 Å². The monoisotopic (exact) mass is 404 g/mol. The molecule has 1 aliphatic rings. The summed E-state index contributed by atoms with van der Waals surface area (Å²) in [4.78, 5) is 23.8. The van der Waals surface area contributed by atoms with Gasteiger partial charge < -0.3 is 10.6 Å². The highest BCUT2D eigenvalue weighted by Crippen LogP contribution is 2.28. The van der Waals surface area contributed by atoms with Gasteiger partial charge in [0.1, 0.15) is 0 Å². The number of amides is 1. The molecule has 8 heteroatoms. The van der Waals surface area contributed by atoms with E-state index in [1.54, 1.807) is 31.2 Å². The van der Waals surface area contributed by atoms with E-state index < -0.39 is 0 Å². The average Bonchev–Trinajstić information content (AvgIpc) is 3.14. The first kappa shape index (κ1) is 19.8. The maximum absolute atomic E-state index is 12.4. The third kappa shape index (κ3) is 6.04. The molecule has 2 aromatic rings. The smallest absolute Gasteiger partial charge is 0.224 e. The van der Waals surface area contributed by atoms with E-state index in [4.69, 9.17) is 0 Å². The van der Waals surface area contributed by atoms with E-state index in [0.29, 0.717) is 29.5 Å². The lowest BCUT2D eigenvalue weighted by Crippen LogP contribution is -2.21. The van der Waals surface area contributed by atoms with Gasteiger partial charge in [0.2, 0.25) is 11.0 Å². The number of ketones is 1. The fourth-order valence-corrected chi connectivity index (χ4v) is 4.67. The first-order valence-corrected chi connectivity index (χ1v) is 11.1. The molecule has 27 heavy (non-hydrogen) atoms. The Balaban J connectivity index is 1.48. The Hall–Kier alpha value is -1.93. The Bertz CT molecular complexity index is 770. The fraction of sp³-hybridized carbons (Fsp3) is 0.474. The number of nitrogens with one attached hydrogen (secondary N) is 2. The molecule has 144 valence electrons. The first-order chi connectivity index (χ1) is 13.1. The molecule has 1 heterocycles. The zero-order valence-corrected chi connectivity index (χ0v) is 17.0. The van der Waals surface area contributed by atoms with Crippen molar-refractivity contribution in [3.05, 3.63) is 29.8 Å². The van der Waals surface area contributed by atoms with Crippen LogP contribution in [0.1, 0.15) is 55.8 Å². The lowest BCUT2D eigenvalue weighted by atomic mass is 9.96. The predicted molar refractivity (Wildman–Crippen MR) is 111 cm³/mol. The molecule has 0 spiro atoms. The molecule has 0 aliphatic heterocycles. The molecule has 1 saturated carbocycles. The molecule has 1 aromatic carbocycles. The minimum absolute atomic E-state index is 0.0327. The molecule has 2 N–H and O–H groups in total. The number of benzene rings is 1. The van der Waals surface area contributed by atoms with Crippen LogP contribution in [0.3, 0.4) is 0 Å². The lowest BCUT2D eigenvalue weighted by Gasteiger charge is -2.21. The van der Waals surface area contributed by atoms with Crippen LogP contribution in [0.2, 0.25) is 0 Å². The summed E-state index contributed by atoms with van der Waals surface area (Å²) in [5.74, 6) is 0.308. The zero-order chi connectivity index (χ0) is 19.1. The quantitative estimate of drug-likeness (QED) is 0.494. The van der Waals surface area contributed by atoms with Crippen LogP contribution in [-0.4, -0.2) is 33.7 Å². The highest BCUT2D eigenvalue weighted by Gasteiger charge is 2.16. The van der Waals surface area contributed by atoms with Gasteiger partial charge in [-0.2, -0.15) is 0 Å². The highest BCUT2D eigenvalue weighted by atomic mass is 32.2. The number of hydrogen-bond donors (Lipinski definition) is 2. The molecule has 0 unspecified atom stereocenters. The van der Waals surface area contributed by atoms with Crippen LogP contribution in [0, 0.1) is 0 Å². The van der Waals surface area contributed by atoms with Crippen LogP contribution in [0.5, 0.6) is 0 Å². The SMILES string of the molecule is CCC(=O)Nc1ccc(C(=O)CSc2nnc(NC3CCCCC3)s2)cc1. The van der Waals surface area contributed by atoms with Crippen LogP contribution in [0.15, 0.2) is 28.6 Å². The van der Waals surface area contributed by atoms with Crippen molar-refractivity contribution in [1.82, 2.24) is 10.2 Å². The van der Waals surface area contributed by atoms with Crippen LogP contribution < -0.4 is 10.6 Å². The molecule has 1 aromatic heterocycles. The Kier molecular flexibility index (Phi) is 7.23. The summed E-state index contributed by atoms with van der Waals surface area (Å²) in [5.41, 5.74) is 1.33. The number of thioether (sulfide) groups is 1. The fourth-order valence-electron chi connectivity index (χ4n) is 2.95. The van der Waals surface area contributed by atoms with Gasteiger partial charge in [0.25, 0.3) is 0 Å². The molecule has 6 nitrogen and oxygen atoms in total. The van der Waals surface area contributed by atoms with Crippen molar-refractivity contribution in [1.29, 1.82) is 0 Å². The summed E-state index contributed by atoms with van der Waals surface area (Å²) in [5, 5.41) is 15.4. The molecule has 3 rings (SSSR count).